The molecule has 0 saturated heterocycles. The molecule has 106 valence electrons. The van der Waals surface area contributed by atoms with Crippen LogP contribution in [0.5, 0.6) is 0 Å². The molecule has 0 unspecified atom stereocenters. The first kappa shape index (κ1) is 15.2. The van der Waals surface area contributed by atoms with E-state index in [-0.39, 0.29) is 0 Å². The molecule has 1 heterocycles. The van der Waals surface area contributed by atoms with E-state index in [4.69, 9.17) is 0 Å². The van der Waals surface area contributed by atoms with Crippen molar-refractivity contribution < 1.29 is 0 Å². The molecule has 0 saturated carbocycles. The van der Waals surface area contributed by atoms with Gasteiger partial charge >= 0.3 is 0 Å². The fourth-order valence-electron chi connectivity index (χ4n) is 1.99. The number of aromatic nitrogens is 2. The van der Waals surface area contributed by atoms with Gasteiger partial charge in [0.1, 0.15) is 0 Å². The standard InChI is InChI=1S/C17H17N3S/c1-2-3-4-5-6-14-11-18-17(19-12-14)15-7-9-16(10-8-15)20-13-21/h2,7-12H,1,3-6H2. The van der Waals surface area contributed by atoms with Crippen LogP contribution in [0.25, 0.3) is 11.4 Å². The highest BCUT2D eigenvalue weighted by Crippen LogP contribution is 2.19. The van der Waals surface area contributed by atoms with Gasteiger partial charge in [-0.1, -0.05) is 6.08 Å². The van der Waals surface area contributed by atoms with Crippen LogP contribution in [0.2, 0.25) is 0 Å². The Morgan fingerprint density at radius 2 is 1.86 bits per heavy atom. The van der Waals surface area contributed by atoms with E-state index in [9.17, 15) is 0 Å². The number of aryl methyl sites for hydroxylation is 1. The Labute approximate surface area is 130 Å². The molecule has 0 spiro atoms. The lowest BCUT2D eigenvalue weighted by atomic mass is 10.1. The average molecular weight is 295 g/mol. The van der Waals surface area contributed by atoms with Crippen LogP contribution in [0, 0.1) is 0 Å². The Bertz CT molecular complexity index is 626. The highest BCUT2D eigenvalue weighted by Gasteiger charge is 2.02. The maximum atomic E-state index is 4.58. The monoisotopic (exact) mass is 295 g/mol. The number of unbranched alkanes of at least 4 members (excludes halogenated alkanes) is 2. The largest absolute Gasteiger partial charge is 0.236 e. The van der Waals surface area contributed by atoms with Crippen molar-refractivity contribution in [1.29, 1.82) is 0 Å². The van der Waals surface area contributed by atoms with Gasteiger partial charge in [0.25, 0.3) is 0 Å². The fraction of sp³-hybridized carbons (Fsp3) is 0.235. The Hall–Kier alpha value is -2.16. The Morgan fingerprint density at radius 1 is 1.14 bits per heavy atom. The van der Waals surface area contributed by atoms with Gasteiger partial charge in [-0.3, -0.25) is 0 Å². The summed E-state index contributed by atoms with van der Waals surface area (Å²) in [5.74, 6) is 0.725. The van der Waals surface area contributed by atoms with Crippen LogP contribution < -0.4 is 0 Å². The zero-order chi connectivity index (χ0) is 14.9. The predicted octanol–water partition coefficient (Wildman–Crippen LogP) is 4.78. The Morgan fingerprint density at radius 3 is 2.48 bits per heavy atom. The molecule has 1 aromatic heterocycles. The molecule has 0 radical (unpaired) electrons. The van der Waals surface area contributed by atoms with Crippen molar-refractivity contribution in [2.45, 2.75) is 25.7 Å². The van der Waals surface area contributed by atoms with Crippen molar-refractivity contribution in [2.24, 2.45) is 4.99 Å². The number of benzene rings is 1. The second-order valence-electron chi connectivity index (χ2n) is 4.70. The normalized spacial score (nSPS) is 9.90. The third kappa shape index (κ3) is 4.71. The van der Waals surface area contributed by atoms with E-state index in [2.05, 4.69) is 38.9 Å². The van der Waals surface area contributed by atoms with Crippen molar-refractivity contribution in [1.82, 2.24) is 9.97 Å². The summed E-state index contributed by atoms with van der Waals surface area (Å²) in [6.07, 6.45) is 10.1. The van der Waals surface area contributed by atoms with Crippen molar-refractivity contribution >= 4 is 23.1 Å². The molecule has 0 aliphatic carbocycles. The third-order valence-corrected chi connectivity index (χ3v) is 3.22. The summed E-state index contributed by atoms with van der Waals surface area (Å²) in [6, 6.07) is 7.62. The minimum atomic E-state index is 0.725. The van der Waals surface area contributed by atoms with Crippen LogP contribution in [0.1, 0.15) is 24.8 Å². The van der Waals surface area contributed by atoms with Gasteiger partial charge in [-0.05, 0) is 67.7 Å². The number of nitrogens with zero attached hydrogens (tertiary/aromatic N) is 3. The first-order chi connectivity index (χ1) is 10.3. The SMILES string of the molecule is C=CCCCCc1cnc(-c2ccc(N=C=S)cc2)nc1. The van der Waals surface area contributed by atoms with Gasteiger partial charge in [0.2, 0.25) is 0 Å². The fourth-order valence-corrected chi connectivity index (χ4v) is 2.09. The van der Waals surface area contributed by atoms with E-state index in [0.29, 0.717) is 0 Å². The highest BCUT2D eigenvalue weighted by atomic mass is 32.1. The predicted molar refractivity (Wildman–Crippen MR) is 89.9 cm³/mol. The minimum Gasteiger partial charge on any atom is -0.236 e. The molecule has 0 fully saturated rings. The summed E-state index contributed by atoms with van der Waals surface area (Å²) in [5.41, 5.74) is 2.92. The number of aliphatic imine (C=N–C) groups is 1. The average Bonchev–Trinajstić information content (AvgIpc) is 2.53. The molecule has 2 aromatic rings. The smallest absolute Gasteiger partial charge is 0.159 e. The number of hydrogen-bond acceptors (Lipinski definition) is 4. The van der Waals surface area contributed by atoms with Crippen molar-refractivity contribution in [3.05, 3.63) is 54.9 Å². The lowest BCUT2D eigenvalue weighted by Gasteiger charge is -2.03. The molecule has 4 heteroatoms. The molecule has 1 aromatic carbocycles. The van der Waals surface area contributed by atoms with E-state index in [1.807, 2.05) is 42.7 Å². The Balaban J connectivity index is 2.00. The van der Waals surface area contributed by atoms with Crippen LogP contribution in [0.15, 0.2) is 54.3 Å². The number of isothiocyanates is 1. The van der Waals surface area contributed by atoms with E-state index < -0.39 is 0 Å². The molecule has 2 rings (SSSR count). The molecular weight excluding hydrogens is 278 g/mol. The summed E-state index contributed by atoms with van der Waals surface area (Å²) in [6.45, 7) is 3.73. The molecular formula is C17H17N3S. The molecule has 3 nitrogen and oxygen atoms in total. The second-order valence-corrected chi connectivity index (χ2v) is 4.88. The summed E-state index contributed by atoms with van der Waals surface area (Å²) in [5, 5.41) is 2.35. The molecule has 0 aliphatic heterocycles. The minimum absolute atomic E-state index is 0.725. The highest BCUT2D eigenvalue weighted by molar-refractivity contribution is 7.78. The van der Waals surface area contributed by atoms with E-state index in [1.54, 1.807) is 0 Å². The van der Waals surface area contributed by atoms with Gasteiger partial charge in [0.05, 0.1) is 10.8 Å². The van der Waals surface area contributed by atoms with Gasteiger partial charge in [-0.2, -0.15) is 4.99 Å². The number of rotatable bonds is 7. The third-order valence-electron chi connectivity index (χ3n) is 3.13. The molecule has 0 N–H and O–H groups in total. The lowest BCUT2D eigenvalue weighted by molar-refractivity contribution is 0.744. The van der Waals surface area contributed by atoms with E-state index >= 15 is 0 Å². The van der Waals surface area contributed by atoms with Crippen LogP contribution in [-0.4, -0.2) is 15.1 Å². The number of thiocarbonyl (C=S) groups is 1. The number of allylic oxidation sites excluding steroid dienone is 1. The lowest BCUT2D eigenvalue weighted by Crippen LogP contribution is -1.93. The van der Waals surface area contributed by atoms with Gasteiger partial charge in [0, 0.05) is 18.0 Å². The zero-order valence-corrected chi connectivity index (χ0v) is 12.6. The van der Waals surface area contributed by atoms with Crippen LogP contribution >= 0.6 is 12.2 Å². The maximum absolute atomic E-state index is 4.58. The summed E-state index contributed by atoms with van der Waals surface area (Å²) in [4.78, 5) is 12.8. The zero-order valence-electron chi connectivity index (χ0n) is 11.8. The quantitative estimate of drug-likeness (QED) is 0.319. The summed E-state index contributed by atoms with van der Waals surface area (Å²) in [7, 11) is 0. The number of hydrogen-bond donors (Lipinski definition) is 0. The van der Waals surface area contributed by atoms with Crippen molar-refractivity contribution in [3.63, 3.8) is 0 Å². The molecule has 21 heavy (non-hydrogen) atoms. The van der Waals surface area contributed by atoms with E-state index in [1.165, 1.54) is 5.56 Å². The first-order valence-corrected chi connectivity index (χ1v) is 7.34. The first-order valence-electron chi connectivity index (χ1n) is 6.93. The summed E-state index contributed by atoms with van der Waals surface area (Å²) < 4.78 is 0. The van der Waals surface area contributed by atoms with Gasteiger partial charge in [0.15, 0.2) is 5.82 Å². The molecule has 0 amide bonds. The van der Waals surface area contributed by atoms with Crippen LogP contribution in [-0.2, 0) is 6.42 Å². The van der Waals surface area contributed by atoms with Gasteiger partial charge in [-0.15, -0.1) is 6.58 Å². The van der Waals surface area contributed by atoms with Crippen molar-refractivity contribution in [2.75, 3.05) is 0 Å². The van der Waals surface area contributed by atoms with E-state index in [0.717, 1.165) is 42.8 Å². The second kappa shape index (κ2) is 8.20. The van der Waals surface area contributed by atoms with Gasteiger partial charge in [-0.25, -0.2) is 9.97 Å². The molecule has 0 bridgehead atoms. The maximum Gasteiger partial charge on any atom is 0.159 e. The van der Waals surface area contributed by atoms with Crippen LogP contribution in [0.3, 0.4) is 0 Å². The summed E-state index contributed by atoms with van der Waals surface area (Å²) >= 11 is 4.58. The topological polar surface area (TPSA) is 38.1 Å². The molecule has 0 atom stereocenters. The van der Waals surface area contributed by atoms with Crippen LogP contribution in [0.4, 0.5) is 5.69 Å². The Kier molecular flexibility index (Phi) is 5.95. The van der Waals surface area contributed by atoms with Crippen molar-refractivity contribution in [3.8, 4) is 11.4 Å². The molecule has 0 aliphatic rings. The van der Waals surface area contributed by atoms with Gasteiger partial charge < -0.3 is 0 Å².